The van der Waals surface area contributed by atoms with Crippen molar-refractivity contribution in [2.75, 3.05) is 17.4 Å². The lowest BCUT2D eigenvalue weighted by molar-refractivity contribution is -0.119. The van der Waals surface area contributed by atoms with E-state index in [0.29, 0.717) is 6.54 Å². The maximum Gasteiger partial charge on any atom is 0.274 e. The fourth-order valence-corrected chi connectivity index (χ4v) is 5.54. The summed E-state index contributed by atoms with van der Waals surface area (Å²) in [4.78, 5) is 12.5. The number of anilines is 1. The maximum absolute atomic E-state index is 13.3. The molecule has 0 atom stereocenters. The van der Waals surface area contributed by atoms with Crippen molar-refractivity contribution in [3.8, 4) is 0 Å². The number of sulfonamides is 1. The lowest BCUT2D eigenvalue weighted by Crippen LogP contribution is -2.41. The van der Waals surface area contributed by atoms with Crippen LogP contribution in [0.2, 0.25) is 0 Å². The number of hydrogen-bond donors (Lipinski definition) is 1. The van der Waals surface area contributed by atoms with E-state index in [1.165, 1.54) is 41.5 Å². The molecule has 0 radical (unpaired) electrons. The molecule has 0 unspecified atom stereocenters. The first-order chi connectivity index (χ1) is 14.4. The number of nitrogens with one attached hydrogen (secondary N) is 1. The van der Waals surface area contributed by atoms with E-state index < -0.39 is 21.7 Å². The summed E-state index contributed by atoms with van der Waals surface area (Å²) in [5.74, 6) is -0.892. The molecule has 0 aliphatic rings. The van der Waals surface area contributed by atoms with Gasteiger partial charge in [-0.1, -0.05) is 35.9 Å². The Balaban J connectivity index is 1.65. The highest BCUT2D eigenvalue weighted by Gasteiger charge is 2.28. The standard InChI is InChI=1S/C22H23FN2O3S2/c1-17-5-2-6-18(15-17)7-3-13-24-21(26)16-25(20-11-9-19(23)10-12-20)30(27,28)22-8-4-14-29-22/h2,4-6,8-12,14-15H,3,7,13,16H2,1H3,(H,24,26). The fraction of sp³-hybridized carbons (Fsp3) is 0.227. The van der Waals surface area contributed by atoms with Crippen LogP contribution in [0.3, 0.4) is 0 Å². The molecule has 0 aliphatic carbocycles. The van der Waals surface area contributed by atoms with E-state index in [9.17, 15) is 17.6 Å². The molecular formula is C22H23FN2O3S2. The van der Waals surface area contributed by atoms with Crippen molar-refractivity contribution in [1.82, 2.24) is 5.32 Å². The highest BCUT2D eigenvalue weighted by Crippen LogP contribution is 2.26. The molecule has 0 saturated heterocycles. The van der Waals surface area contributed by atoms with Crippen molar-refractivity contribution in [2.45, 2.75) is 24.0 Å². The molecular weight excluding hydrogens is 423 g/mol. The zero-order valence-electron chi connectivity index (χ0n) is 16.5. The molecule has 0 fully saturated rings. The summed E-state index contributed by atoms with van der Waals surface area (Å²) < 4.78 is 40.5. The molecule has 30 heavy (non-hydrogen) atoms. The topological polar surface area (TPSA) is 66.5 Å². The number of aryl methyl sites for hydroxylation is 2. The summed E-state index contributed by atoms with van der Waals surface area (Å²) >= 11 is 1.07. The van der Waals surface area contributed by atoms with E-state index in [0.717, 1.165) is 28.5 Å². The molecule has 5 nitrogen and oxygen atoms in total. The Kier molecular flexibility index (Phi) is 7.23. The molecule has 1 amide bonds. The molecule has 1 aromatic heterocycles. The third-order valence-corrected chi connectivity index (χ3v) is 7.64. The van der Waals surface area contributed by atoms with Gasteiger partial charge in [0.25, 0.3) is 10.0 Å². The first-order valence-electron chi connectivity index (χ1n) is 9.50. The van der Waals surface area contributed by atoms with E-state index in [2.05, 4.69) is 11.4 Å². The van der Waals surface area contributed by atoms with Crippen LogP contribution in [-0.4, -0.2) is 27.4 Å². The summed E-state index contributed by atoms with van der Waals surface area (Å²) in [7, 11) is -3.93. The average molecular weight is 447 g/mol. The van der Waals surface area contributed by atoms with Gasteiger partial charge >= 0.3 is 0 Å². The lowest BCUT2D eigenvalue weighted by Gasteiger charge is -2.23. The zero-order chi connectivity index (χ0) is 21.6. The minimum absolute atomic E-state index is 0.124. The van der Waals surface area contributed by atoms with Gasteiger partial charge in [0.15, 0.2) is 0 Å². The summed E-state index contributed by atoms with van der Waals surface area (Å²) in [5.41, 5.74) is 2.61. The van der Waals surface area contributed by atoms with Gasteiger partial charge in [0.05, 0.1) is 5.69 Å². The van der Waals surface area contributed by atoms with Gasteiger partial charge in [0.1, 0.15) is 16.6 Å². The van der Waals surface area contributed by atoms with Gasteiger partial charge < -0.3 is 5.32 Å². The summed E-state index contributed by atoms with van der Waals surface area (Å²) in [5, 5.41) is 4.43. The van der Waals surface area contributed by atoms with Crippen LogP contribution in [0.1, 0.15) is 17.5 Å². The van der Waals surface area contributed by atoms with Gasteiger partial charge in [0, 0.05) is 6.54 Å². The Bertz CT molecular complexity index is 1080. The molecule has 1 heterocycles. The first kappa shape index (κ1) is 22.0. The van der Waals surface area contributed by atoms with E-state index in [1.54, 1.807) is 11.4 Å². The van der Waals surface area contributed by atoms with Crippen molar-refractivity contribution in [3.63, 3.8) is 0 Å². The smallest absolute Gasteiger partial charge is 0.274 e. The van der Waals surface area contributed by atoms with E-state index in [-0.39, 0.29) is 16.4 Å². The van der Waals surface area contributed by atoms with E-state index in [1.807, 2.05) is 25.1 Å². The number of amides is 1. The molecule has 8 heteroatoms. The van der Waals surface area contributed by atoms with Gasteiger partial charge in [-0.05, 0) is 61.0 Å². The summed E-state index contributed by atoms with van der Waals surface area (Å²) in [6.07, 6.45) is 1.56. The second kappa shape index (κ2) is 9.86. The number of thiophene rings is 1. The highest BCUT2D eigenvalue weighted by molar-refractivity contribution is 7.94. The van der Waals surface area contributed by atoms with Gasteiger partial charge in [-0.25, -0.2) is 12.8 Å². The number of halogens is 1. The molecule has 0 spiro atoms. The van der Waals surface area contributed by atoms with Gasteiger partial charge in [-0.2, -0.15) is 0 Å². The minimum atomic E-state index is -3.93. The molecule has 3 aromatic rings. The maximum atomic E-state index is 13.3. The molecule has 0 aliphatic heterocycles. The lowest BCUT2D eigenvalue weighted by atomic mass is 10.1. The number of carbonyl (C=O) groups excluding carboxylic acids is 1. The largest absolute Gasteiger partial charge is 0.355 e. The van der Waals surface area contributed by atoms with Crippen molar-refractivity contribution in [3.05, 3.63) is 83.0 Å². The summed E-state index contributed by atoms with van der Waals surface area (Å²) in [6.45, 7) is 2.09. The molecule has 2 aromatic carbocycles. The second-order valence-corrected chi connectivity index (χ2v) is 9.90. The van der Waals surface area contributed by atoms with Gasteiger partial charge in [-0.3, -0.25) is 9.10 Å². The Hall–Kier alpha value is -2.71. The molecule has 158 valence electrons. The molecule has 1 N–H and O–H groups in total. The van der Waals surface area contributed by atoms with Crippen molar-refractivity contribution < 1.29 is 17.6 Å². The van der Waals surface area contributed by atoms with Crippen LogP contribution in [-0.2, 0) is 21.2 Å². The Morgan fingerprint density at radius 2 is 1.87 bits per heavy atom. The predicted octanol–water partition coefficient (Wildman–Crippen LogP) is 4.14. The second-order valence-electron chi connectivity index (χ2n) is 6.86. The zero-order valence-corrected chi connectivity index (χ0v) is 18.2. The quantitative estimate of drug-likeness (QED) is 0.503. The SMILES string of the molecule is Cc1cccc(CCCNC(=O)CN(c2ccc(F)cc2)S(=O)(=O)c2cccs2)c1. The van der Waals surface area contributed by atoms with Crippen LogP contribution in [0.5, 0.6) is 0 Å². The van der Waals surface area contributed by atoms with Crippen molar-refractivity contribution >= 4 is 33.0 Å². The fourth-order valence-electron chi connectivity index (χ4n) is 3.02. The van der Waals surface area contributed by atoms with Crippen LogP contribution >= 0.6 is 11.3 Å². The number of rotatable bonds is 9. The van der Waals surface area contributed by atoms with Crippen molar-refractivity contribution in [2.24, 2.45) is 0 Å². The van der Waals surface area contributed by atoms with E-state index in [4.69, 9.17) is 0 Å². The Labute approximate surface area is 180 Å². The number of benzene rings is 2. The van der Waals surface area contributed by atoms with Gasteiger partial charge in [0.2, 0.25) is 5.91 Å². The molecule has 0 saturated carbocycles. The van der Waals surface area contributed by atoms with Crippen LogP contribution in [0.25, 0.3) is 0 Å². The van der Waals surface area contributed by atoms with Crippen LogP contribution in [0.15, 0.2) is 70.3 Å². The average Bonchev–Trinajstić information content (AvgIpc) is 3.26. The van der Waals surface area contributed by atoms with Crippen LogP contribution in [0, 0.1) is 12.7 Å². The predicted molar refractivity (Wildman–Crippen MR) is 118 cm³/mol. The number of nitrogens with zero attached hydrogens (tertiary/aromatic N) is 1. The van der Waals surface area contributed by atoms with E-state index >= 15 is 0 Å². The monoisotopic (exact) mass is 446 g/mol. The number of hydrogen-bond acceptors (Lipinski definition) is 4. The normalized spacial score (nSPS) is 11.3. The highest BCUT2D eigenvalue weighted by atomic mass is 32.2. The third kappa shape index (κ3) is 5.67. The third-order valence-electron chi connectivity index (χ3n) is 4.49. The minimum Gasteiger partial charge on any atom is -0.355 e. The van der Waals surface area contributed by atoms with Crippen molar-refractivity contribution in [1.29, 1.82) is 0 Å². The first-order valence-corrected chi connectivity index (χ1v) is 11.8. The van der Waals surface area contributed by atoms with Crippen LogP contribution in [0.4, 0.5) is 10.1 Å². The Morgan fingerprint density at radius 3 is 2.53 bits per heavy atom. The molecule has 3 rings (SSSR count). The summed E-state index contributed by atoms with van der Waals surface area (Å²) in [6, 6.07) is 16.3. The van der Waals surface area contributed by atoms with Gasteiger partial charge in [-0.15, -0.1) is 11.3 Å². The molecule has 0 bridgehead atoms. The Morgan fingerprint density at radius 1 is 1.10 bits per heavy atom. The number of carbonyl (C=O) groups is 1. The van der Waals surface area contributed by atoms with Crippen LogP contribution < -0.4 is 9.62 Å².